The van der Waals surface area contributed by atoms with Crippen LogP contribution >= 0.6 is 0 Å². The van der Waals surface area contributed by atoms with E-state index >= 15 is 0 Å². The largest absolute Gasteiger partial charge is 0.493 e. The Hall–Kier alpha value is -2.72. The second-order valence-electron chi connectivity index (χ2n) is 9.53. The fourth-order valence-corrected chi connectivity index (χ4v) is 5.08. The van der Waals surface area contributed by atoms with Crippen molar-refractivity contribution in [3.63, 3.8) is 0 Å². The number of benzene rings is 2. The third-order valence-corrected chi connectivity index (χ3v) is 7.28. The monoisotopic (exact) mass is 528 g/mol. The van der Waals surface area contributed by atoms with Crippen molar-refractivity contribution in [2.24, 2.45) is 5.92 Å². The molecule has 0 amide bonds. The van der Waals surface area contributed by atoms with Gasteiger partial charge >= 0.3 is 12.3 Å². The average molecular weight is 529 g/mol. The van der Waals surface area contributed by atoms with Crippen LogP contribution in [0.3, 0.4) is 0 Å². The van der Waals surface area contributed by atoms with E-state index in [2.05, 4.69) is 0 Å². The predicted octanol–water partition coefficient (Wildman–Crippen LogP) is 6.53. The summed E-state index contributed by atoms with van der Waals surface area (Å²) < 4.78 is 88.5. The number of halogens is 5. The van der Waals surface area contributed by atoms with E-state index in [1.165, 1.54) is 37.4 Å². The van der Waals surface area contributed by atoms with Gasteiger partial charge in [0.15, 0.2) is 23.4 Å². The fraction of sp³-hybridized carbons (Fsp3) is 0.519. The highest BCUT2D eigenvalue weighted by atomic mass is 19.3. The van der Waals surface area contributed by atoms with Crippen LogP contribution in [0.25, 0.3) is 0 Å². The standard InChI is InChI=1S/C27H29F5O5/c1-16(27(31,32)25(29)30)37-22-8-7-18(13-23(22)34-2)21(33)12-17-6-9-24-26(11-10-17,36-15-35-24)19-4-3-5-20(28)14-19/h3-5,7-8,13-14,16-17,24-25H,6,9-12,15H2,1-2H3. The highest BCUT2D eigenvalue weighted by Crippen LogP contribution is 2.47. The summed E-state index contributed by atoms with van der Waals surface area (Å²) in [5, 5.41) is 0. The number of fused-ring (bicyclic) bond motifs is 1. The van der Waals surface area contributed by atoms with Gasteiger partial charge in [-0.05, 0) is 74.4 Å². The van der Waals surface area contributed by atoms with Crippen molar-refractivity contribution in [2.75, 3.05) is 13.9 Å². The Labute approximate surface area is 211 Å². The fourth-order valence-electron chi connectivity index (χ4n) is 5.08. The van der Waals surface area contributed by atoms with Crippen molar-refractivity contribution in [1.82, 2.24) is 0 Å². The predicted molar refractivity (Wildman–Crippen MR) is 124 cm³/mol. The summed E-state index contributed by atoms with van der Waals surface area (Å²) in [6.07, 6.45) is -3.47. The third kappa shape index (κ3) is 5.60. The molecule has 10 heteroatoms. The summed E-state index contributed by atoms with van der Waals surface area (Å²) >= 11 is 0. The summed E-state index contributed by atoms with van der Waals surface area (Å²) in [6.45, 7) is 0.969. The molecular formula is C27H29F5O5. The van der Waals surface area contributed by atoms with Crippen LogP contribution < -0.4 is 9.47 Å². The Kier molecular flexibility index (Phi) is 8.08. The van der Waals surface area contributed by atoms with Crippen molar-refractivity contribution < 1.29 is 45.7 Å². The number of hydrogen-bond donors (Lipinski definition) is 0. The molecule has 1 heterocycles. The summed E-state index contributed by atoms with van der Waals surface area (Å²) in [6, 6.07) is 10.3. The van der Waals surface area contributed by atoms with Gasteiger partial charge in [0.2, 0.25) is 0 Å². The first-order valence-electron chi connectivity index (χ1n) is 12.1. The molecule has 0 aromatic heterocycles. The molecule has 1 aliphatic carbocycles. The maximum Gasteiger partial charge on any atom is 0.342 e. The summed E-state index contributed by atoms with van der Waals surface area (Å²) in [7, 11) is 1.27. The lowest BCUT2D eigenvalue weighted by Crippen LogP contribution is -2.42. The van der Waals surface area contributed by atoms with Gasteiger partial charge in [-0.3, -0.25) is 4.79 Å². The molecule has 1 saturated carbocycles. The molecule has 1 saturated heterocycles. The van der Waals surface area contributed by atoms with Crippen LogP contribution in [0.4, 0.5) is 22.0 Å². The van der Waals surface area contributed by atoms with Crippen LogP contribution in [0, 0.1) is 11.7 Å². The van der Waals surface area contributed by atoms with Gasteiger partial charge in [0, 0.05) is 12.0 Å². The normalized spacial score (nSPS) is 24.9. The second kappa shape index (κ2) is 10.9. The van der Waals surface area contributed by atoms with E-state index in [1.807, 2.05) is 6.07 Å². The van der Waals surface area contributed by atoms with Crippen LogP contribution in [-0.4, -0.2) is 44.2 Å². The van der Waals surface area contributed by atoms with Gasteiger partial charge in [-0.2, -0.15) is 8.78 Å². The van der Waals surface area contributed by atoms with Crippen molar-refractivity contribution in [3.8, 4) is 11.5 Å². The molecule has 4 rings (SSSR count). The van der Waals surface area contributed by atoms with E-state index in [4.69, 9.17) is 18.9 Å². The number of methoxy groups -OCH3 is 1. The quantitative estimate of drug-likeness (QED) is 0.274. The number of carbonyl (C=O) groups is 1. The Morgan fingerprint density at radius 3 is 2.62 bits per heavy atom. The molecular weight excluding hydrogens is 499 g/mol. The molecule has 0 bridgehead atoms. The summed E-state index contributed by atoms with van der Waals surface area (Å²) in [4.78, 5) is 13.1. The Bertz CT molecular complexity index is 1110. The zero-order valence-corrected chi connectivity index (χ0v) is 20.5. The minimum atomic E-state index is -4.35. The topological polar surface area (TPSA) is 54.0 Å². The van der Waals surface area contributed by atoms with Gasteiger partial charge in [0.25, 0.3) is 0 Å². The molecule has 0 radical (unpaired) electrons. The lowest BCUT2D eigenvalue weighted by atomic mass is 9.83. The Morgan fingerprint density at radius 1 is 1.14 bits per heavy atom. The van der Waals surface area contributed by atoms with Gasteiger partial charge in [-0.25, -0.2) is 13.2 Å². The number of ether oxygens (including phenoxy) is 4. The van der Waals surface area contributed by atoms with Crippen LogP contribution in [0.2, 0.25) is 0 Å². The van der Waals surface area contributed by atoms with Crippen molar-refractivity contribution in [2.45, 2.75) is 69.2 Å². The zero-order valence-electron chi connectivity index (χ0n) is 20.5. The van der Waals surface area contributed by atoms with Crippen molar-refractivity contribution in [3.05, 3.63) is 59.4 Å². The highest BCUT2D eigenvalue weighted by molar-refractivity contribution is 5.96. The van der Waals surface area contributed by atoms with Crippen molar-refractivity contribution >= 4 is 5.78 Å². The number of ketones is 1. The molecule has 1 aliphatic heterocycles. The second-order valence-corrected chi connectivity index (χ2v) is 9.53. The number of rotatable bonds is 9. The number of carbonyl (C=O) groups excluding carboxylic acids is 1. The first-order chi connectivity index (χ1) is 17.6. The molecule has 0 N–H and O–H groups in total. The Morgan fingerprint density at radius 2 is 1.92 bits per heavy atom. The third-order valence-electron chi connectivity index (χ3n) is 7.28. The lowest BCUT2D eigenvalue weighted by Gasteiger charge is -2.31. The van der Waals surface area contributed by atoms with Crippen LogP contribution in [0.5, 0.6) is 11.5 Å². The lowest BCUT2D eigenvalue weighted by molar-refractivity contribution is -0.178. The zero-order chi connectivity index (χ0) is 26.8. The van der Waals surface area contributed by atoms with E-state index in [0.29, 0.717) is 31.2 Å². The van der Waals surface area contributed by atoms with Gasteiger partial charge in [0.05, 0.1) is 13.2 Å². The maximum atomic E-state index is 13.9. The number of alkyl halides is 4. The first-order valence-corrected chi connectivity index (χ1v) is 12.1. The van der Waals surface area contributed by atoms with E-state index < -0.39 is 24.1 Å². The minimum absolute atomic E-state index is 0.00924. The van der Waals surface area contributed by atoms with E-state index in [1.54, 1.807) is 6.07 Å². The molecule has 0 spiro atoms. The van der Waals surface area contributed by atoms with E-state index in [9.17, 15) is 26.7 Å². The van der Waals surface area contributed by atoms with Gasteiger partial charge in [0.1, 0.15) is 18.2 Å². The highest BCUT2D eigenvalue weighted by Gasteiger charge is 2.49. The molecule has 4 atom stereocenters. The van der Waals surface area contributed by atoms with Crippen LogP contribution in [0.1, 0.15) is 54.9 Å². The maximum absolute atomic E-state index is 13.9. The van der Waals surface area contributed by atoms with Crippen molar-refractivity contribution in [1.29, 1.82) is 0 Å². The van der Waals surface area contributed by atoms with Crippen LogP contribution in [0.15, 0.2) is 42.5 Å². The van der Waals surface area contributed by atoms with Crippen LogP contribution in [-0.2, 0) is 15.1 Å². The number of Topliss-reactive ketones (excluding diaryl/α,β-unsaturated/α-hetero) is 1. The van der Waals surface area contributed by atoms with Gasteiger partial charge < -0.3 is 18.9 Å². The molecule has 37 heavy (non-hydrogen) atoms. The molecule has 2 aromatic rings. The SMILES string of the molecule is COc1cc(C(=O)CC2CCC3OCOC3(c3cccc(F)c3)CC2)ccc1OC(C)C(F)(F)C(F)F. The summed E-state index contributed by atoms with van der Waals surface area (Å²) in [5.74, 6) is -5.05. The van der Waals surface area contributed by atoms with E-state index in [-0.39, 0.29) is 53.9 Å². The van der Waals surface area contributed by atoms with E-state index in [0.717, 1.165) is 6.92 Å². The Balaban J connectivity index is 1.44. The molecule has 2 fully saturated rings. The average Bonchev–Trinajstić information content (AvgIpc) is 3.21. The van der Waals surface area contributed by atoms with Gasteiger partial charge in [-0.1, -0.05) is 12.1 Å². The molecule has 5 nitrogen and oxygen atoms in total. The smallest absolute Gasteiger partial charge is 0.342 e. The molecule has 202 valence electrons. The number of hydrogen-bond acceptors (Lipinski definition) is 5. The summed E-state index contributed by atoms with van der Waals surface area (Å²) in [5.41, 5.74) is 0.238. The minimum Gasteiger partial charge on any atom is -0.493 e. The van der Waals surface area contributed by atoms with Gasteiger partial charge in [-0.15, -0.1) is 0 Å². The molecule has 4 unspecified atom stereocenters. The first kappa shape index (κ1) is 27.3. The molecule has 2 aliphatic rings. The molecule has 2 aromatic carbocycles.